The normalized spacial score (nSPS) is 10.0. The van der Waals surface area contributed by atoms with E-state index in [0.29, 0.717) is 27.9 Å². The number of halogens is 1. The van der Waals surface area contributed by atoms with E-state index >= 15 is 0 Å². The number of nitrogen functional groups attached to an aromatic ring is 1. The molecular weight excluding hydrogens is 292 g/mol. The van der Waals surface area contributed by atoms with E-state index in [-0.39, 0.29) is 12.5 Å². The first-order valence-electron chi connectivity index (χ1n) is 6.20. The molecule has 3 N–H and O–H groups in total. The Kier molecular flexibility index (Phi) is 4.90. The van der Waals surface area contributed by atoms with E-state index in [9.17, 15) is 4.79 Å². The van der Waals surface area contributed by atoms with Crippen LogP contribution in [0.15, 0.2) is 42.5 Å². The average Bonchev–Trinajstić information content (AvgIpc) is 2.48. The second-order valence-electron chi connectivity index (χ2n) is 4.25. The van der Waals surface area contributed by atoms with Gasteiger partial charge < -0.3 is 20.5 Å². The van der Waals surface area contributed by atoms with Crippen molar-refractivity contribution < 1.29 is 14.3 Å². The van der Waals surface area contributed by atoms with E-state index in [4.69, 9.17) is 26.8 Å². The molecule has 0 aliphatic heterocycles. The lowest BCUT2D eigenvalue weighted by Gasteiger charge is -2.10. The molecule has 0 aliphatic carbocycles. The van der Waals surface area contributed by atoms with Crippen molar-refractivity contribution in [1.29, 1.82) is 0 Å². The summed E-state index contributed by atoms with van der Waals surface area (Å²) in [6.07, 6.45) is 0. The summed E-state index contributed by atoms with van der Waals surface area (Å²) < 4.78 is 10.5. The van der Waals surface area contributed by atoms with Gasteiger partial charge in [-0.2, -0.15) is 0 Å². The van der Waals surface area contributed by atoms with Crippen LogP contribution in [0.1, 0.15) is 0 Å². The first-order valence-corrected chi connectivity index (χ1v) is 6.58. The fourth-order valence-electron chi connectivity index (χ4n) is 1.67. The minimum atomic E-state index is -0.313. The van der Waals surface area contributed by atoms with Gasteiger partial charge in [0.15, 0.2) is 6.61 Å². The third kappa shape index (κ3) is 4.29. The summed E-state index contributed by atoms with van der Waals surface area (Å²) in [6.45, 7) is -0.130. The molecule has 0 unspecified atom stereocenters. The van der Waals surface area contributed by atoms with Crippen molar-refractivity contribution in [2.75, 3.05) is 24.8 Å². The Hall–Kier alpha value is -2.40. The Bertz CT molecular complexity index is 647. The maximum atomic E-state index is 11.8. The van der Waals surface area contributed by atoms with Crippen LogP contribution >= 0.6 is 11.6 Å². The lowest BCUT2D eigenvalue weighted by Crippen LogP contribution is -2.20. The number of carbonyl (C=O) groups excluding carboxylic acids is 1. The van der Waals surface area contributed by atoms with E-state index in [2.05, 4.69) is 5.32 Å². The summed E-state index contributed by atoms with van der Waals surface area (Å²) >= 11 is 5.79. The van der Waals surface area contributed by atoms with Crippen LogP contribution in [0, 0.1) is 0 Å². The molecule has 2 aromatic carbocycles. The summed E-state index contributed by atoms with van der Waals surface area (Å²) in [6, 6.07) is 11.9. The fraction of sp³-hybridized carbons (Fsp3) is 0.133. The number of amides is 1. The number of benzene rings is 2. The molecule has 0 saturated heterocycles. The predicted octanol–water partition coefficient (Wildman–Crippen LogP) is 2.95. The average molecular weight is 307 g/mol. The summed E-state index contributed by atoms with van der Waals surface area (Å²) in [7, 11) is 1.56. The van der Waals surface area contributed by atoms with Crippen LogP contribution < -0.4 is 20.5 Å². The lowest BCUT2D eigenvalue weighted by molar-refractivity contribution is -0.118. The third-order valence-corrected chi connectivity index (χ3v) is 2.93. The molecule has 1 amide bonds. The summed E-state index contributed by atoms with van der Waals surface area (Å²) in [4.78, 5) is 11.8. The molecule has 0 fully saturated rings. The minimum absolute atomic E-state index is 0.130. The predicted molar refractivity (Wildman–Crippen MR) is 83.0 cm³/mol. The Morgan fingerprint density at radius 3 is 2.71 bits per heavy atom. The van der Waals surface area contributed by atoms with Crippen LogP contribution in [-0.4, -0.2) is 19.6 Å². The number of methoxy groups -OCH3 is 1. The SMILES string of the molecule is COc1cccc(OCC(=O)Nc2ccc(Cl)cc2N)c1. The molecule has 6 heteroatoms. The standard InChI is InChI=1S/C15H15ClN2O3/c1-20-11-3-2-4-12(8-11)21-9-15(19)18-14-6-5-10(16)7-13(14)17/h2-8H,9,17H2,1H3,(H,18,19). The monoisotopic (exact) mass is 306 g/mol. The third-order valence-electron chi connectivity index (χ3n) is 2.70. The molecule has 0 atom stereocenters. The van der Waals surface area contributed by atoms with Crippen LogP contribution in [0.25, 0.3) is 0 Å². The second-order valence-corrected chi connectivity index (χ2v) is 4.68. The summed E-state index contributed by atoms with van der Waals surface area (Å²) in [5.41, 5.74) is 6.66. The van der Waals surface area contributed by atoms with Gasteiger partial charge in [0.2, 0.25) is 0 Å². The van der Waals surface area contributed by atoms with E-state index < -0.39 is 0 Å². The largest absolute Gasteiger partial charge is 0.497 e. The first kappa shape index (κ1) is 15.0. The zero-order valence-electron chi connectivity index (χ0n) is 11.4. The van der Waals surface area contributed by atoms with Crippen molar-refractivity contribution >= 4 is 28.9 Å². The van der Waals surface area contributed by atoms with Crippen molar-refractivity contribution in [2.24, 2.45) is 0 Å². The van der Waals surface area contributed by atoms with Gasteiger partial charge in [-0.1, -0.05) is 17.7 Å². The highest BCUT2D eigenvalue weighted by atomic mass is 35.5. The number of anilines is 2. The molecule has 2 rings (SSSR count). The molecule has 0 saturated carbocycles. The van der Waals surface area contributed by atoms with Gasteiger partial charge >= 0.3 is 0 Å². The number of nitrogens with two attached hydrogens (primary N) is 1. The van der Waals surface area contributed by atoms with E-state index in [1.54, 1.807) is 49.6 Å². The van der Waals surface area contributed by atoms with Crippen LogP contribution in [-0.2, 0) is 4.79 Å². The molecule has 21 heavy (non-hydrogen) atoms. The fourth-order valence-corrected chi connectivity index (χ4v) is 1.85. The molecule has 0 heterocycles. The van der Waals surface area contributed by atoms with Gasteiger partial charge in [-0.25, -0.2) is 0 Å². The summed E-state index contributed by atoms with van der Waals surface area (Å²) in [5, 5.41) is 3.17. The molecule has 0 spiro atoms. The van der Waals surface area contributed by atoms with Gasteiger partial charge in [-0.15, -0.1) is 0 Å². The van der Waals surface area contributed by atoms with Crippen LogP contribution in [0.2, 0.25) is 5.02 Å². The molecule has 0 aromatic heterocycles. The maximum Gasteiger partial charge on any atom is 0.262 e. The van der Waals surface area contributed by atoms with Crippen LogP contribution in [0.3, 0.4) is 0 Å². The number of nitrogens with one attached hydrogen (secondary N) is 1. The van der Waals surface area contributed by atoms with Gasteiger partial charge in [0.05, 0.1) is 18.5 Å². The smallest absolute Gasteiger partial charge is 0.262 e. The second kappa shape index (κ2) is 6.85. The van der Waals surface area contributed by atoms with Gasteiger partial charge in [-0.3, -0.25) is 4.79 Å². The Labute approximate surface area is 127 Å². The van der Waals surface area contributed by atoms with Crippen molar-refractivity contribution in [1.82, 2.24) is 0 Å². The highest BCUT2D eigenvalue weighted by molar-refractivity contribution is 6.31. The topological polar surface area (TPSA) is 73.6 Å². The van der Waals surface area contributed by atoms with E-state index in [0.717, 1.165) is 0 Å². The quantitative estimate of drug-likeness (QED) is 0.833. The minimum Gasteiger partial charge on any atom is -0.497 e. The number of ether oxygens (including phenoxy) is 2. The van der Waals surface area contributed by atoms with Crippen molar-refractivity contribution in [3.63, 3.8) is 0 Å². The Balaban J connectivity index is 1.92. The Morgan fingerprint density at radius 2 is 2.00 bits per heavy atom. The van der Waals surface area contributed by atoms with E-state index in [1.807, 2.05) is 0 Å². The molecule has 110 valence electrons. The van der Waals surface area contributed by atoms with Gasteiger partial charge in [0, 0.05) is 11.1 Å². The molecular formula is C15H15ClN2O3. The maximum absolute atomic E-state index is 11.8. The number of hydrogen-bond acceptors (Lipinski definition) is 4. The molecule has 0 bridgehead atoms. The molecule has 0 aliphatic rings. The van der Waals surface area contributed by atoms with Crippen molar-refractivity contribution in [3.05, 3.63) is 47.5 Å². The zero-order chi connectivity index (χ0) is 15.2. The number of hydrogen-bond donors (Lipinski definition) is 2. The number of carbonyl (C=O) groups is 1. The van der Waals surface area contributed by atoms with Crippen molar-refractivity contribution in [3.8, 4) is 11.5 Å². The Morgan fingerprint density at radius 1 is 1.24 bits per heavy atom. The lowest BCUT2D eigenvalue weighted by atomic mass is 10.2. The molecule has 2 aromatic rings. The van der Waals surface area contributed by atoms with Crippen LogP contribution in [0.5, 0.6) is 11.5 Å². The molecule has 0 radical (unpaired) electrons. The number of rotatable bonds is 5. The molecule has 5 nitrogen and oxygen atoms in total. The zero-order valence-corrected chi connectivity index (χ0v) is 12.2. The highest BCUT2D eigenvalue weighted by Crippen LogP contribution is 2.23. The van der Waals surface area contributed by atoms with Gasteiger partial charge in [0.25, 0.3) is 5.91 Å². The van der Waals surface area contributed by atoms with Crippen LogP contribution in [0.4, 0.5) is 11.4 Å². The summed E-state index contributed by atoms with van der Waals surface area (Å²) in [5.74, 6) is 0.898. The van der Waals surface area contributed by atoms with E-state index in [1.165, 1.54) is 0 Å². The van der Waals surface area contributed by atoms with Crippen molar-refractivity contribution in [2.45, 2.75) is 0 Å². The first-order chi connectivity index (χ1) is 10.1. The van der Waals surface area contributed by atoms with Gasteiger partial charge in [-0.05, 0) is 30.3 Å². The highest BCUT2D eigenvalue weighted by Gasteiger charge is 2.07. The van der Waals surface area contributed by atoms with Gasteiger partial charge in [0.1, 0.15) is 11.5 Å².